The zero-order chi connectivity index (χ0) is 10.6. The molecule has 3 N–H and O–H groups in total. The fourth-order valence-electron chi connectivity index (χ4n) is 1.15. The van der Waals surface area contributed by atoms with Crippen LogP contribution in [0.15, 0.2) is 18.2 Å². The van der Waals surface area contributed by atoms with Crippen molar-refractivity contribution in [3.63, 3.8) is 0 Å². The number of nitrogens with one attached hydrogen (secondary N) is 1. The second-order valence-electron chi connectivity index (χ2n) is 3.60. The highest BCUT2D eigenvalue weighted by Crippen LogP contribution is 2.22. The summed E-state index contributed by atoms with van der Waals surface area (Å²) >= 11 is 0. The molecule has 0 aliphatic carbocycles. The number of rotatable bonds is 4. The van der Waals surface area contributed by atoms with Gasteiger partial charge in [-0.2, -0.15) is 0 Å². The van der Waals surface area contributed by atoms with E-state index >= 15 is 0 Å². The molecule has 1 aromatic carbocycles. The Labute approximate surface area is 84.3 Å². The van der Waals surface area contributed by atoms with Gasteiger partial charge in [0.25, 0.3) is 0 Å². The van der Waals surface area contributed by atoms with Gasteiger partial charge in [-0.1, -0.05) is 26.3 Å². The van der Waals surface area contributed by atoms with Crippen LogP contribution < -0.4 is 11.1 Å². The fourth-order valence-corrected chi connectivity index (χ4v) is 1.15. The molecule has 0 radical (unpaired) electrons. The van der Waals surface area contributed by atoms with Crippen LogP contribution in [0.5, 0.6) is 0 Å². The van der Waals surface area contributed by atoms with Gasteiger partial charge in [-0.25, -0.2) is 4.39 Å². The highest BCUT2D eigenvalue weighted by molar-refractivity contribution is 5.66. The number of para-hydroxylation sites is 1. The number of hydrogen-bond donors (Lipinski definition) is 2. The van der Waals surface area contributed by atoms with Gasteiger partial charge in [-0.15, -0.1) is 0 Å². The topological polar surface area (TPSA) is 38.0 Å². The molecule has 0 aliphatic heterocycles. The monoisotopic (exact) mass is 196 g/mol. The van der Waals surface area contributed by atoms with Gasteiger partial charge in [-0.05, 0) is 18.1 Å². The summed E-state index contributed by atoms with van der Waals surface area (Å²) in [7, 11) is 0. The molecule has 1 atom stereocenters. The van der Waals surface area contributed by atoms with Gasteiger partial charge in [0.05, 0.1) is 11.4 Å². The van der Waals surface area contributed by atoms with Crippen LogP contribution in [0.25, 0.3) is 0 Å². The van der Waals surface area contributed by atoms with E-state index in [-0.39, 0.29) is 5.82 Å². The van der Waals surface area contributed by atoms with E-state index in [1.165, 1.54) is 6.07 Å². The molecule has 1 unspecified atom stereocenters. The second-order valence-corrected chi connectivity index (χ2v) is 3.60. The van der Waals surface area contributed by atoms with Crippen molar-refractivity contribution in [3.8, 4) is 0 Å². The zero-order valence-corrected chi connectivity index (χ0v) is 8.68. The lowest BCUT2D eigenvalue weighted by Gasteiger charge is -2.13. The predicted molar refractivity (Wildman–Crippen MR) is 58.8 cm³/mol. The molecule has 1 rings (SSSR count). The lowest BCUT2D eigenvalue weighted by atomic mass is 10.1. The number of anilines is 2. The van der Waals surface area contributed by atoms with Crippen LogP contribution in [0.4, 0.5) is 15.8 Å². The summed E-state index contributed by atoms with van der Waals surface area (Å²) in [6.45, 7) is 4.97. The zero-order valence-electron chi connectivity index (χ0n) is 8.68. The summed E-state index contributed by atoms with van der Waals surface area (Å²) in [5.74, 6) is 0.238. The van der Waals surface area contributed by atoms with Crippen LogP contribution >= 0.6 is 0 Å². The Bertz CT molecular complexity index is 279. The lowest BCUT2D eigenvalue weighted by molar-refractivity contribution is 0.586. The van der Waals surface area contributed by atoms with E-state index in [0.29, 0.717) is 17.3 Å². The molecule has 0 saturated heterocycles. The minimum absolute atomic E-state index is 0.284. The Hall–Kier alpha value is -1.25. The van der Waals surface area contributed by atoms with Crippen molar-refractivity contribution in [2.75, 3.05) is 17.6 Å². The number of hydrogen-bond acceptors (Lipinski definition) is 2. The summed E-state index contributed by atoms with van der Waals surface area (Å²) in [5, 5.41) is 3.03. The largest absolute Gasteiger partial charge is 0.397 e. The van der Waals surface area contributed by atoms with Gasteiger partial charge in [0, 0.05) is 6.54 Å². The minimum atomic E-state index is -0.284. The van der Waals surface area contributed by atoms with Crippen molar-refractivity contribution < 1.29 is 4.39 Å². The first kappa shape index (κ1) is 10.8. The van der Waals surface area contributed by atoms with Gasteiger partial charge in [0.1, 0.15) is 5.82 Å². The first-order chi connectivity index (χ1) is 6.65. The van der Waals surface area contributed by atoms with E-state index in [1.807, 2.05) is 0 Å². The summed E-state index contributed by atoms with van der Waals surface area (Å²) in [5.41, 5.74) is 6.54. The summed E-state index contributed by atoms with van der Waals surface area (Å²) < 4.78 is 13.3. The van der Waals surface area contributed by atoms with Crippen molar-refractivity contribution in [3.05, 3.63) is 24.0 Å². The maximum Gasteiger partial charge on any atom is 0.148 e. The van der Waals surface area contributed by atoms with E-state index in [9.17, 15) is 4.39 Å². The molecule has 0 amide bonds. The number of benzene rings is 1. The fraction of sp³-hybridized carbons (Fsp3) is 0.455. The summed E-state index contributed by atoms with van der Waals surface area (Å²) in [4.78, 5) is 0. The molecular formula is C11H17FN2. The van der Waals surface area contributed by atoms with Crippen molar-refractivity contribution in [2.24, 2.45) is 5.92 Å². The maximum absolute atomic E-state index is 13.3. The van der Waals surface area contributed by atoms with Gasteiger partial charge < -0.3 is 11.1 Å². The number of nitrogens with two attached hydrogens (primary N) is 1. The molecule has 0 fully saturated rings. The van der Waals surface area contributed by atoms with E-state index < -0.39 is 0 Å². The normalized spacial score (nSPS) is 12.5. The number of nitrogen functional groups attached to an aromatic ring is 1. The average Bonchev–Trinajstić information content (AvgIpc) is 2.16. The Kier molecular flexibility index (Phi) is 3.74. The van der Waals surface area contributed by atoms with Crippen molar-refractivity contribution in [2.45, 2.75) is 20.3 Å². The van der Waals surface area contributed by atoms with E-state index in [4.69, 9.17) is 5.73 Å². The molecule has 0 bridgehead atoms. The van der Waals surface area contributed by atoms with Gasteiger partial charge in [0.2, 0.25) is 0 Å². The quantitative estimate of drug-likeness (QED) is 0.727. The van der Waals surface area contributed by atoms with Gasteiger partial charge >= 0.3 is 0 Å². The molecule has 3 heteroatoms. The van der Waals surface area contributed by atoms with E-state index in [1.54, 1.807) is 12.1 Å². The molecule has 0 aromatic heterocycles. The molecule has 0 heterocycles. The molecule has 14 heavy (non-hydrogen) atoms. The second kappa shape index (κ2) is 4.84. The molecular weight excluding hydrogens is 179 g/mol. The van der Waals surface area contributed by atoms with Gasteiger partial charge in [-0.3, -0.25) is 0 Å². The Morgan fingerprint density at radius 3 is 2.79 bits per heavy atom. The van der Waals surface area contributed by atoms with Crippen LogP contribution in [0.3, 0.4) is 0 Å². The minimum Gasteiger partial charge on any atom is -0.397 e. The van der Waals surface area contributed by atoms with Crippen LogP contribution in [0.2, 0.25) is 0 Å². The Morgan fingerprint density at radius 1 is 1.50 bits per heavy atom. The smallest absolute Gasteiger partial charge is 0.148 e. The van der Waals surface area contributed by atoms with Crippen molar-refractivity contribution >= 4 is 11.4 Å². The molecule has 0 saturated carbocycles. The molecule has 78 valence electrons. The Balaban J connectivity index is 2.66. The molecule has 1 aromatic rings. The summed E-state index contributed by atoms with van der Waals surface area (Å²) in [6.07, 6.45) is 1.07. The first-order valence-electron chi connectivity index (χ1n) is 4.93. The van der Waals surface area contributed by atoms with Crippen molar-refractivity contribution in [1.29, 1.82) is 0 Å². The Morgan fingerprint density at radius 2 is 2.21 bits per heavy atom. The van der Waals surface area contributed by atoms with E-state index in [2.05, 4.69) is 19.2 Å². The third-order valence-corrected chi connectivity index (χ3v) is 2.37. The third kappa shape index (κ3) is 2.62. The number of halogens is 1. The molecule has 2 nitrogen and oxygen atoms in total. The highest BCUT2D eigenvalue weighted by Gasteiger charge is 2.06. The van der Waals surface area contributed by atoms with Crippen LogP contribution in [0, 0.1) is 11.7 Å². The standard InChI is InChI=1S/C11H17FN2/c1-3-8(2)7-14-11-9(12)5-4-6-10(11)13/h4-6,8,14H,3,7,13H2,1-2H3. The average molecular weight is 196 g/mol. The van der Waals surface area contributed by atoms with Gasteiger partial charge in [0.15, 0.2) is 0 Å². The van der Waals surface area contributed by atoms with Crippen LogP contribution in [-0.4, -0.2) is 6.54 Å². The van der Waals surface area contributed by atoms with Crippen LogP contribution in [0.1, 0.15) is 20.3 Å². The molecule has 0 aliphatic rings. The lowest BCUT2D eigenvalue weighted by Crippen LogP contribution is -2.12. The predicted octanol–water partition coefficient (Wildman–Crippen LogP) is 2.87. The SMILES string of the molecule is CCC(C)CNc1c(N)cccc1F. The van der Waals surface area contributed by atoms with E-state index in [0.717, 1.165) is 13.0 Å². The maximum atomic E-state index is 13.3. The summed E-state index contributed by atoms with van der Waals surface area (Å²) in [6, 6.07) is 4.72. The molecule has 0 spiro atoms. The highest BCUT2D eigenvalue weighted by atomic mass is 19.1. The third-order valence-electron chi connectivity index (χ3n) is 2.37. The van der Waals surface area contributed by atoms with Crippen LogP contribution in [-0.2, 0) is 0 Å². The first-order valence-corrected chi connectivity index (χ1v) is 4.93. The van der Waals surface area contributed by atoms with Crippen molar-refractivity contribution in [1.82, 2.24) is 0 Å².